The summed E-state index contributed by atoms with van der Waals surface area (Å²) in [5.74, 6) is -0.754. The molecule has 0 aromatic carbocycles. The molecule has 0 saturated carbocycles. The largest absolute Gasteiger partial charge is 0.481 e. The topological polar surface area (TPSA) is 37.3 Å². The predicted octanol–water partition coefficient (Wildman–Crippen LogP) is 5.65. The first kappa shape index (κ1) is 24.2. The standard InChI is InChI=1S/C8H16O2.C8H18.Ta/c1-3-5-6-7(4-2)8(9)10;1-3-5-7-8-6-4-2;/h7H,3-6H2,1-2H3,(H,9,10);3-8H2,1-2H3;. The normalized spacial score (nSPS) is 10.9. The summed E-state index contributed by atoms with van der Waals surface area (Å²) in [6, 6.07) is 0. The first-order chi connectivity index (χ1) is 8.63. The zero-order valence-corrected chi connectivity index (χ0v) is 16.7. The molecule has 115 valence electrons. The molecule has 0 heterocycles. The van der Waals surface area contributed by atoms with E-state index in [0.717, 1.165) is 25.7 Å². The van der Waals surface area contributed by atoms with E-state index < -0.39 is 5.97 Å². The van der Waals surface area contributed by atoms with Gasteiger partial charge in [-0.05, 0) is 12.8 Å². The van der Waals surface area contributed by atoms with Crippen LogP contribution in [0.15, 0.2) is 0 Å². The Kier molecular flexibility index (Phi) is 26.2. The van der Waals surface area contributed by atoms with Crippen LogP contribution in [0.3, 0.4) is 0 Å². The Hall–Kier alpha value is 0.210. The second-order valence-electron chi connectivity index (χ2n) is 5.00. The molecule has 3 heteroatoms. The Balaban J connectivity index is -0.000000262. The average molecular weight is 439 g/mol. The number of carbonyl (C=O) groups is 1. The van der Waals surface area contributed by atoms with Crippen molar-refractivity contribution in [3.63, 3.8) is 0 Å². The van der Waals surface area contributed by atoms with Gasteiger partial charge in [-0.2, -0.15) is 0 Å². The maximum absolute atomic E-state index is 10.4. The first-order valence-corrected chi connectivity index (χ1v) is 7.86. The van der Waals surface area contributed by atoms with Crippen molar-refractivity contribution in [1.82, 2.24) is 0 Å². The minimum Gasteiger partial charge on any atom is -0.481 e. The number of carboxylic acids is 1. The monoisotopic (exact) mass is 439 g/mol. The van der Waals surface area contributed by atoms with Gasteiger partial charge in [-0.25, -0.2) is 0 Å². The van der Waals surface area contributed by atoms with E-state index in [1.54, 1.807) is 0 Å². The van der Waals surface area contributed by atoms with E-state index in [4.69, 9.17) is 5.11 Å². The summed E-state index contributed by atoms with van der Waals surface area (Å²) in [5.41, 5.74) is 0. The number of aliphatic carboxylic acids is 1. The fourth-order valence-corrected chi connectivity index (χ4v) is 1.81. The van der Waals surface area contributed by atoms with Crippen LogP contribution in [-0.2, 0) is 27.2 Å². The van der Waals surface area contributed by atoms with Crippen molar-refractivity contribution in [2.24, 2.45) is 5.92 Å². The number of unbranched alkanes of at least 4 members (excludes halogenated alkanes) is 6. The van der Waals surface area contributed by atoms with Crippen LogP contribution in [0.1, 0.15) is 91.9 Å². The summed E-state index contributed by atoms with van der Waals surface area (Å²) in [7, 11) is 0. The molecule has 1 N–H and O–H groups in total. The molecular formula is C16H34O2Ta. The Bertz CT molecular complexity index is 166. The smallest absolute Gasteiger partial charge is 0.306 e. The fraction of sp³-hybridized carbons (Fsp3) is 0.938. The molecule has 0 fully saturated rings. The Morgan fingerprint density at radius 1 is 0.842 bits per heavy atom. The van der Waals surface area contributed by atoms with Crippen LogP contribution in [0.5, 0.6) is 0 Å². The number of carboxylic acid groups (broad SMARTS) is 1. The molecule has 0 aliphatic heterocycles. The van der Waals surface area contributed by atoms with Gasteiger partial charge < -0.3 is 5.11 Å². The summed E-state index contributed by atoms with van der Waals surface area (Å²) >= 11 is 0. The van der Waals surface area contributed by atoms with Crippen molar-refractivity contribution in [3.05, 3.63) is 0 Å². The van der Waals surface area contributed by atoms with E-state index in [0.29, 0.717) is 0 Å². The van der Waals surface area contributed by atoms with E-state index in [-0.39, 0.29) is 28.3 Å². The van der Waals surface area contributed by atoms with Gasteiger partial charge in [0.1, 0.15) is 0 Å². The minimum atomic E-state index is -0.643. The summed E-state index contributed by atoms with van der Waals surface area (Å²) in [4.78, 5) is 10.4. The van der Waals surface area contributed by atoms with Gasteiger partial charge in [0, 0.05) is 22.4 Å². The molecular weight excluding hydrogens is 405 g/mol. The summed E-state index contributed by atoms with van der Waals surface area (Å²) < 4.78 is 0. The van der Waals surface area contributed by atoms with Crippen LogP contribution in [0, 0.1) is 5.92 Å². The minimum absolute atomic E-state index is 0. The second kappa shape index (κ2) is 20.5. The van der Waals surface area contributed by atoms with Gasteiger partial charge in [-0.3, -0.25) is 4.79 Å². The van der Waals surface area contributed by atoms with Crippen molar-refractivity contribution >= 4 is 5.97 Å². The number of hydrogen-bond acceptors (Lipinski definition) is 1. The fourth-order valence-electron chi connectivity index (χ4n) is 1.81. The van der Waals surface area contributed by atoms with Crippen LogP contribution in [-0.4, -0.2) is 11.1 Å². The van der Waals surface area contributed by atoms with Crippen molar-refractivity contribution < 1.29 is 32.3 Å². The van der Waals surface area contributed by atoms with Crippen LogP contribution in [0.4, 0.5) is 0 Å². The third kappa shape index (κ3) is 20.7. The molecule has 1 radical (unpaired) electrons. The Labute approximate surface area is 136 Å². The van der Waals surface area contributed by atoms with Gasteiger partial charge in [0.2, 0.25) is 0 Å². The predicted molar refractivity (Wildman–Crippen MR) is 80.0 cm³/mol. The Morgan fingerprint density at radius 3 is 1.53 bits per heavy atom. The molecule has 0 aromatic rings. The maximum atomic E-state index is 10.4. The summed E-state index contributed by atoms with van der Waals surface area (Å²) in [6.07, 6.45) is 12.2. The van der Waals surface area contributed by atoms with E-state index in [2.05, 4.69) is 20.8 Å². The third-order valence-corrected chi connectivity index (χ3v) is 3.21. The second-order valence-corrected chi connectivity index (χ2v) is 5.00. The summed E-state index contributed by atoms with van der Waals surface area (Å²) in [6.45, 7) is 8.51. The van der Waals surface area contributed by atoms with E-state index in [1.165, 1.54) is 38.5 Å². The maximum Gasteiger partial charge on any atom is 0.306 e. The van der Waals surface area contributed by atoms with Crippen molar-refractivity contribution in [2.45, 2.75) is 91.9 Å². The van der Waals surface area contributed by atoms with E-state index in [9.17, 15) is 4.79 Å². The molecule has 1 unspecified atom stereocenters. The third-order valence-electron chi connectivity index (χ3n) is 3.21. The zero-order chi connectivity index (χ0) is 14.2. The van der Waals surface area contributed by atoms with Gasteiger partial charge in [-0.15, -0.1) is 0 Å². The van der Waals surface area contributed by atoms with Crippen LogP contribution < -0.4 is 0 Å². The molecule has 0 amide bonds. The van der Waals surface area contributed by atoms with Crippen LogP contribution in [0.2, 0.25) is 0 Å². The number of rotatable bonds is 10. The number of hydrogen-bond donors (Lipinski definition) is 1. The molecule has 2 nitrogen and oxygen atoms in total. The van der Waals surface area contributed by atoms with Gasteiger partial charge >= 0.3 is 5.97 Å². The molecule has 1 atom stereocenters. The molecule has 19 heavy (non-hydrogen) atoms. The Morgan fingerprint density at radius 2 is 1.26 bits per heavy atom. The van der Waals surface area contributed by atoms with Gasteiger partial charge in [0.25, 0.3) is 0 Å². The molecule has 0 aromatic heterocycles. The quantitative estimate of drug-likeness (QED) is 0.447. The zero-order valence-electron chi connectivity index (χ0n) is 13.5. The first-order valence-electron chi connectivity index (χ1n) is 7.86. The van der Waals surface area contributed by atoms with Crippen molar-refractivity contribution in [3.8, 4) is 0 Å². The molecule has 0 rings (SSSR count). The molecule has 0 bridgehead atoms. The van der Waals surface area contributed by atoms with Crippen molar-refractivity contribution in [1.29, 1.82) is 0 Å². The average Bonchev–Trinajstić information content (AvgIpc) is 2.36. The summed E-state index contributed by atoms with van der Waals surface area (Å²) in [5, 5.41) is 8.60. The SMILES string of the molecule is CCCCC(CC)C(=O)O.CCCCCCCC.[Ta]. The molecule has 0 spiro atoms. The van der Waals surface area contributed by atoms with E-state index >= 15 is 0 Å². The van der Waals surface area contributed by atoms with E-state index in [1.807, 2.05) is 6.92 Å². The van der Waals surface area contributed by atoms with Crippen LogP contribution in [0.25, 0.3) is 0 Å². The van der Waals surface area contributed by atoms with Crippen LogP contribution >= 0.6 is 0 Å². The molecule has 0 aliphatic rings. The van der Waals surface area contributed by atoms with Gasteiger partial charge in [0.15, 0.2) is 0 Å². The van der Waals surface area contributed by atoms with Crippen molar-refractivity contribution in [2.75, 3.05) is 0 Å². The molecule has 0 aliphatic carbocycles. The molecule has 0 saturated heterocycles. The van der Waals surface area contributed by atoms with Gasteiger partial charge in [0.05, 0.1) is 5.92 Å². The van der Waals surface area contributed by atoms with Gasteiger partial charge in [-0.1, -0.05) is 79.1 Å².